The second-order valence-corrected chi connectivity index (χ2v) is 6.47. The second-order valence-electron chi connectivity index (χ2n) is 6.47. The predicted octanol–water partition coefficient (Wildman–Crippen LogP) is 2.50. The number of hydrogen-bond donors (Lipinski definition) is 0. The molecular weight excluding hydrogens is 313 g/mol. The molecule has 1 aromatic rings. The Balaban J connectivity index is 1.92. The quantitative estimate of drug-likeness (QED) is 0.730. The average Bonchev–Trinajstić information content (AvgIpc) is 2.58. The number of hydrogen-bond acceptors (Lipinski definition) is 4. The fourth-order valence-corrected chi connectivity index (χ4v) is 2.74. The summed E-state index contributed by atoms with van der Waals surface area (Å²) in [4.78, 5) is 14.3. The van der Waals surface area contributed by atoms with Crippen LogP contribution in [0.3, 0.4) is 0 Å². The lowest BCUT2D eigenvalue weighted by Gasteiger charge is -2.38. The van der Waals surface area contributed by atoms with Gasteiger partial charge in [-0.15, -0.1) is 0 Å². The van der Waals surface area contributed by atoms with E-state index in [9.17, 15) is 9.18 Å². The number of carbonyl (C=O) groups is 1. The van der Waals surface area contributed by atoms with Gasteiger partial charge in [-0.25, -0.2) is 4.39 Å². The van der Waals surface area contributed by atoms with Crippen molar-refractivity contribution < 1.29 is 23.4 Å². The van der Waals surface area contributed by atoms with Gasteiger partial charge in [-0.2, -0.15) is 0 Å². The molecule has 1 aliphatic rings. The summed E-state index contributed by atoms with van der Waals surface area (Å²) in [5.74, 6) is 0.0562. The fraction of sp³-hybridized carbons (Fsp3) is 0.611. The van der Waals surface area contributed by atoms with Crippen LogP contribution in [-0.2, 0) is 14.3 Å². The molecule has 0 aromatic heterocycles. The lowest BCUT2D eigenvalue weighted by Crippen LogP contribution is -2.45. The highest BCUT2D eigenvalue weighted by atomic mass is 19.1. The average molecular weight is 339 g/mol. The molecule has 0 bridgehead atoms. The minimum absolute atomic E-state index is 0.0531. The number of nitrogens with zero attached hydrogens (tertiary/aromatic N) is 1. The smallest absolute Gasteiger partial charge is 0.260 e. The fourth-order valence-electron chi connectivity index (χ4n) is 2.74. The highest BCUT2D eigenvalue weighted by Gasteiger charge is 2.31. The monoisotopic (exact) mass is 339 g/mol. The van der Waals surface area contributed by atoms with Crippen molar-refractivity contribution in [3.05, 3.63) is 30.1 Å². The SMILES string of the molecule is COCCN(CC1(C)CCOCC1)C(=O)COc1ccc(F)cc1. The van der Waals surface area contributed by atoms with E-state index >= 15 is 0 Å². The van der Waals surface area contributed by atoms with Crippen LogP contribution in [0.25, 0.3) is 0 Å². The maximum atomic E-state index is 12.9. The number of carbonyl (C=O) groups excluding carboxylic acids is 1. The Morgan fingerprint density at radius 2 is 1.96 bits per heavy atom. The van der Waals surface area contributed by atoms with Gasteiger partial charge in [0.05, 0.1) is 6.61 Å². The normalized spacial score (nSPS) is 16.6. The first-order valence-corrected chi connectivity index (χ1v) is 8.25. The van der Waals surface area contributed by atoms with Crippen LogP contribution in [-0.4, -0.2) is 57.4 Å². The third-order valence-electron chi connectivity index (χ3n) is 4.37. The van der Waals surface area contributed by atoms with Crippen molar-refractivity contribution in [1.82, 2.24) is 4.90 Å². The van der Waals surface area contributed by atoms with Crippen LogP contribution in [0.4, 0.5) is 4.39 Å². The van der Waals surface area contributed by atoms with E-state index in [4.69, 9.17) is 14.2 Å². The zero-order valence-electron chi connectivity index (χ0n) is 14.4. The molecule has 0 spiro atoms. The number of halogens is 1. The van der Waals surface area contributed by atoms with E-state index in [2.05, 4.69) is 6.92 Å². The lowest BCUT2D eigenvalue weighted by atomic mass is 9.82. The molecule has 2 rings (SSSR count). The highest BCUT2D eigenvalue weighted by molar-refractivity contribution is 5.77. The van der Waals surface area contributed by atoms with Gasteiger partial charge in [-0.3, -0.25) is 4.79 Å². The van der Waals surface area contributed by atoms with E-state index in [-0.39, 0.29) is 23.7 Å². The minimum Gasteiger partial charge on any atom is -0.484 e. The zero-order chi connectivity index (χ0) is 17.4. The molecule has 5 nitrogen and oxygen atoms in total. The van der Waals surface area contributed by atoms with Crippen molar-refractivity contribution in [3.8, 4) is 5.75 Å². The molecule has 1 fully saturated rings. The molecule has 0 radical (unpaired) electrons. The van der Waals surface area contributed by atoms with Crippen LogP contribution in [0.15, 0.2) is 24.3 Å². The van der Waals surface area contributed by atoms with Gasteiger partial charge in [-0.1, -0.05) is 6.92 Å². The van der Waals surface area contributed by atoms with Crippen LogP contribution < -0.4 is 4.74 Å². The van der Waals surface area contributed by atoms with Crippen LogP contribution in [0, 0.1) is 11.2 Å². The molecule has 24 heavy (non-hydrogen) atoms. The summed E-state index contributed by atoms with van der Waals surface area (Å²) >= 11 is 0. The van der Waals surface area contributed by atoms with E-state index in [1.165, 1.54) is 24.3 Å². The van der Waals surface area contributed by atoms with Gasteiger partial charge < -0.3 is 19.1 Å². The van der Waals surface area contributed by atoms with Crippen molar-refractivity contribution >= 4 is 5.91 Å². The largest absolute Gasteiger partial charge is 0.484 e. The standard InChI is InChI=1S/C18H26FNO4/c1-18(7-10-23-11-8-18)14-20(9-12-22-2)17(21)13-24-16-5-3-15(19)4-6-16/h3-6H,7-14H2,1-2H3. The van der Waals surface area contributed by atoms with Crippen LogP contribution in [0.1, 0.15) is 19.8 Å². The first-order valence-electron chi connectivity index (χ1n) is 8.25. The summed E-state index contributed by atoms with van der Waals surface area (Å²) in [7, 11) is 1.62. The van der Waals surface area contributed by atoms with Crippen molar-refractivity contribution in [3.63, 3.8) is 0 Å². The molecule has 1 heterocycles. The Hall–Kier alpha value is -1.66. The van der Waals surface area contributed by atoms with Gasteiger partial charge in [-0.05, 0) is 42.5 Å². The van der Waals surface area contributed by atoms with Crippen molar-refractivity contribution in [2.75, 3.05) is 46.6 Å². The first-order chi connectivity index (χ1) is 11.5. The third-order valence-corrected chi connectivity index (χ3v) is 4.37. The first kappa shape index (κ1) is 18.7. The second kappa shape index (κ2) is 8.99. The molecule has 1 aliphatic heterocycles. The summed E-state index contributed by atoms with van der Waals surface area (Å²) in [5, 5.41) is 0. The molecule has 0 unspecified atom stereocenters. The molecule has 134 valence electrons. The topological polar surface area (TPSA) is 48.0 Å². The van der Waals surface area contributed by atoms with Crippen molar-refractivity contribution in [2.45, 2.75) is 19.8 Å². The molecule has 6 heteroatoms. The maximum Gasteiger partial charge on any atom is 0.260 e. The molecule has 0 N–H and O–H groups in total. The maximum absolute atomic E-state index is 12.9. The van der Waals surface area contributed by atoms with E-state index < -0.39 is 0 Å². The van der Waals surface area contributed by atoms with E-state index in [0.717, 1.165) is 26.1 Å². The Labute approximate surface area is 142 Å². The summed E-state index contributed by atoms with van der Waals surface area (Å²) in [6.45, 7) is 5.24. The Bertz CT molecular complexity index is 514. The van der Waals surface area contributed by atoms with E-state index in [1.54, 1.807) is 12.0 Å². The van der Waals surface area contributed by atoms with E-state index in [0.29, 0.717) is 25.4 Å². The van der Waals surface area contributed by atoms with Crippen molar-refractivity contribution in [2.24, 2.45) is 5.41 Å². The van der Waals surface area contributed by atoms with Crippen LogP contribution in [0.5, 0.6) is 5.75 Å². The van der Waals surface area contributed by atoms with Gasteiger partial charge in [0, 0.05) is 33.4 Å². The van der Waals surface area contributed by atoms with Crippen LogP contribution >= 0.6 is 0 Å². The van der Waals surface area contributed by atoms with Gasteiger partial charge in [0.2, 0.25) is 0 Å². The minimum atomic E-state index is -0.331. The summed E-state index contributed by atoms with van der Waals surface area (Å²) in [6, 6.07) is 5.65. The molecule has 0 saturated carbocycles. The molecule has 1 saturated heterocycles. The molecule has 0 aliphatic carbocycles. The van der Waals surface area contributed by atoms with E-state index in [1.807, 2.05) is 0 Å². The highest BCUT2D eigenvalue weighted by Crippen LogP contribution is 2.30. The molecule has 0 atom stereocenters. The van der Waals surface area contributed by atoms with Gasteiger partial charge >= 0.3 is 0 Å². The zero-order valence-corrected chi connectivity index (χ0v) is 14.4. The Morgan fingerprint density at radius 1 is 1.29 bits per heavy atom. The summed E-state index contributed by atoms with van der Waals surface area (Å²) in [6.07, 6.45) is 1.87. The van der Waals surface area contributed by atoms with Gasteiger partial charge in [0.1, 0.15) is 11.6 Å². The Kier molecular flexibility index (Phi) is 6.99. The molecule has 1 aromatic carbocycles. The predicted molar refractivity (Wildman–Crippen MR) is 88.5 cm³/mol. The molecular formula is C18H26FNO4. The van der Waals surface area contributed by atoms with Gasteiger partial charge in [0.25, 0.3) is 5.91 Å². The third kappa shape index (κ3) is 5.76. The number of rotatable bonds is 8. The number of amides is 1. The summed E-state index contributed by atoms with van der Waals surface area (Å²) < 4.78 is 28.9. The number of methoxy groups -OCH3 is 1. The van der Waals surface area contributed by atoms with Crippen LogP contribution in [0.2, 0.25) is 0 Å². The number of ether oxygens (including phenoxy) is 3. The number of benzene rings is 1. The van der Waals surface area contributed by atoms with Crippen molar-refractivity contribution in [1.29, 1.82) is 0 Å². The lowest BCUT2D eigenvalue weighted by molar-refractivity contribution is -0.136. The van der Waals surface area contributed by atoms with Gasteiger partial charge in [0.15, 0.2) is 6.61 Å². The Morgan fingerprint density at radius 3 is 2.58 bits per heavy atom. The summed E-state index contributed by atoms with van der Waals surface area (Å²) in [5.41, 5.74) is 0.0531. The molecule has 1 amide bonds.